The van der Waals surface area contributed by atoms with Gasteiger partial charge in [-0.25, -0.2) is 0 Å². The van der Waals surface area contributed by atoms with Crippen molar-refractivity contribution >= 4 is 0 Å². The van der Waals surface area contributed by atoms with Crippen molar-refractivity contribution in [2.75, 3.05) is 0 Å². The average Bonchev–Trinajstić information content (AvgIpc) is 2.49. The number of alkyl halides is 3. The van der Waals surface area contributed by atoms with Gasteiger partial charge in [-0.3, -0.25) is 0 Å². The van der Waals surface area contributed by atoms with Gasteiger partial charge >= 0.3 is 6.18 Å². The maximum atomic E-state index is 12.3. The zero-order valence-electron chi connectivity index (χ0n) is 12.3. The molecule has 0 aromatic carbocycles. The van der Waals surface area contributed by atoms with Crippen molar-refractivity contribution in [3.05, 3.63) is 0 Å². The first-order chi connectivity index (χ1) is 10.2. The minimum absolute atomic E-state index is 0.120. The standard InChI is InChI=1S/C16H19F3N2O/c1-2-15(22)7-4-13(5-8-15)3-6-14(11-20,12-21)9-10-16(17,18)19/h1,13,22H,3-10H2. The molecule has 1 saturated carbocycles. The number of terminal acetylenes is 1. The third-order valence-electron chi connectivity index (χ3n) is 4.44. The monoisotopic (exact) mass is 312 g/mol. The van der Waals surface area contributed by atoms with Crippen molar-refractivity contribution in [3.63, 3.8) is 0 Å². The van der Waals surface area contributed by atoms with Crippen LogP contribution in [-0.4, -0.2) is 16.9 Å². The van der Waals surface area contributed by atoms with E-state index in [0.717, 1.165) is 0 Å². The minimum atomic E-state index is -4.37. The van der Waals surface area contributed by atoms with Gasteiger partial charge in [-0.05, 0) is 50.9 Å². The molecule has 0 radical (unpaired) electrons. The van der Waals surface area contributed by atoms with Gasteiger partial charge in [0.25, 0.3) is 0 Å². The van der Waals surface area contributed by atoms with Gasteiger partial charge in [0.05, 0.1) is 12.1 Å². The second-order valence-electron chi connectivity index (χ2n) is 6.08. The summed E-state index contributed by atoms with van der Waals surface area (Å²) in [4.78, 5) is 0. The van der Waals surface area contributed by atoms with Crippen LogP contribution in [0.15, 0.2) is 0 Å². The summed E-state index contributed by atoms with van der Waals surface area (Å²) >= 11 is 0. The molecule has 0 bridgehead atoms. The fourth-order valence-electron chi connectivity index (χ4n) is 2.77. The van der Waals surface area contributed by atoms with Gasteiger partial charge in [0.1, 0.15) is 11.0 Å². The summed E-state index contributed by atoms with van der Waals surface area (Å²) in [5, 5.41) is 28.2. The fourth-order valence-corrected chi connectivity index (χ4v) is 2.77. The number of aliphatic hydroxyl groups is 1. The third-order valence-corrected chi connectivity index (χ3v) is 4.44. The highest BCUT2D eigenvalue weighted by Gasteiger charge is 2.38. The molecule has 0 spiro atoms. The molecule has 0 aromatic rings. The van der Waals surface area contributed by atoms with Crippen LogP contribution in [0.25, 0.3) is 0 Å². The molecule has 0 unspecified atom stereocenters. The Bertz CT molecular complexity index is 485. The summed E-state index contributed by atoms with van der Waals surface area (Å²) in [6, 6.07) is 3.52. The number of nitriles is 2. The van der Waals surface area contributed by atoms with Crippen LogP contribution in [0, 0.1) is 46.3 Å². The largest absolute Gasteiger partial charge is 0.389 e. The smallest absolute Gasteiger partial charge is 0.378 e. The van der Waals surface area contributed by atoms with E-state index in [2.05, 4.69) is 5.92 Å². The Morgan fingerprint density at radius 1 is 1.09 bits per heavy atom. The van der Waals surface area contributed by atoms with Gasteiger partial charge < -0.3 is 5.11 Å². The zero-order valence-corrected chi connectivity index (χ0v) is 12.3. The lowest BCUT2D eigenvalue weighted by Crippen LogP contribution is -2.32. The van der Waals surface area contributed by atoms with Crippen LogP contribution in [0.4, 0.5) is 13.2 Å². The molecular formula is C16H19F3N2O. The van der Waals surface area contributed by atoms with Crippen LogP contribution in [0.3, 0.4) is 0 Å². The van der Waals surface area contributed by atoms with Crippen molar-refractivity contribution in [2.24, 2.45) is 11.3 Å². The van der Waals surface area contributed by atoms with E-state index in [1.807, 2.05) is 0 Å². The van der Waals surface area contributed by atoms with E-state index in [1.54, 1.807) is 12.1 Å². The molecule has 0 aliphatic heterocycles. The van der Waals surface area contributed by atoms with Crippen LogP contribution in [-0.2, 0) is 0 Å². The molecule has 6 heteroatoms. The van der Waals surface area contributed by atoms with E-state index >= 15 is 0 Å². The maximum absolute atomic E-state index is 12.3. The van der Waals surface area contributed by atoms with E-state index in [9.17, 15) is 18.3 Å². The lowest BCUT2D eigenvalue weighted by Gasteiger charge is -2.33. The molecular weight excluding hydrogens is 293 g/mol. The summed E-state index contributed by atoms with van der Waals surface area (Å²) in [7, 11) is 0. The summed E-state index contributed by atoms with van der Waals surface area (Å²) in [5.74, 6) is 2.54. The summed E-state index contributed by atoms with van der Waals surface area (Å²) in [5.41, 5.74) is -2.68. The molecule has 120 valence electrons. The Morgan fingerprint density at radius 2 is 1.64 bits per heavy atom. The minimum Gasteiger partial charge on any atom is -0.378 e. The van der Waals surface area contributed by atoms with Gasteiger partial charge in [0.15, 0.2) is 0 Å². The number of rotatable bonds is 5. The molecule has 3 nitrogen and oxygen atoms in total. The van der Waals surface area contributed by atoms with Gasteiger partial charge in [-0.15, -0.1) is 6.42 Å². The highest BCUT2D eigenvalue weighted by atomic mass is 19.4. The Hall–Kier alpha value is -1.71. The lowest BCUT2D eigenvalue weighted by atomic mass is 9.73. The highest BCUT2D eigenvalue weighted by Crippen LogP contribution is 2.39. The fraction of sp³-hybridized carbons (Fsp3) is 0.750. The van der Waals surface area contributed by atoms with Crippen molar-refractivity contribution < 1.29 is 18.3 Å². The van der Waals surface area contributed by atoms with Crippen LogP contribution in [0.1, 0.15) is 51.4 Å². The van der Waals surface area contributed by atoms with Gasteiger partial charge in [-0.1, -0.05) is 5.92 Å². The first kappa shape index (κ1) is 18.3. The van der Waals surface area contributed by atoms with Crippen molar-refractivity contribution in [1.82, 2.24) is 0 Å². The van der Waals surface area contributed by atoms with Crippen molar-refractivity contribution in [3.8, 4) is 24.5 Å². The summed E-state index contributed by atoms with van der Waals surface area (Å²) in [6.07, 6.45) is 2.10. The lowest BCUT2D eigenvalue weighted by molar-refractivity contribution is -0.138. The molecule has 1 fully saturated rings. The molecule has 1 aliphatic carbocycles. The normalized spacial score (nSPS) is 25.8. The number of hydrogen-bond donors (Lipinski definition) is 1. The average molecular weight is 312 g/mol. The molecule has 1 aliphatic rings. The SMILES string of the molecule is C#CC1(O)CCC(CCC(C#N)(C#N)CCC(F)(F)F)CC1. The zero-order chi connectivity index (χ0) is 16.9. The topological polar surface area (TPSA) is 67.8 Å². The molecule has 1 N–H and O–H groups in total. The van der Waals surface area contributed by atoms with Gasteiger partial charge in [0, 0.05) is 6.42 Å². The van der Waals surface area contributed by atoms with E-state index in [-0.39, 0.29) is 12.3 Å². The first-order valence-corrected chi connectivity index (χ1v) is 7.27. The quantitative estimate of drug-likeness (QED) is 0.787. The molecule has 0 heterocycles. The second kappa shape index (κ2) is 7.03. The van der Waals surface area contributed by atoms with E-state index < -0.39 is 30.0 Å². The summed E-state index contributed by atoms with van der Waals surface area (Å²) < 4.78 is 36.9. The number of halogens is 3. The molecule has 0 aromatic heterocycles. The first-order valence-electron chi connectivity index (χ1n) is 7.27. The summed E-state index contributed by atoms with van der Waals surface area (Å²) in [6.45, 7) is 0. The molecule has 0 atom stereocenters. The Kier molecular flexibility index (Phi) is 5.86. The Morgan fingerprint density at radius 3 is 2.05 bits per heavy atom. The van der Waals surface area contributed by atoms with E-state index in [4.69, 9.17) is 16.9 Å². The second-order valence-corrected chi connectivity index (χ2v) is 6.08. The Labute approximate surface area is 128 Å². The van der Waals surface area contributed by atoms with E-state index in [1.165, 1.54) is 0 Å². The predicted molar refractivity (Wildman–Crippen MR) is 73.9 cm³/mol. The molecule has 0 amide bonds. The molecule has 22 heavy (non-hydrogen) atoms. The Balaban J connectivity index is 2.55. The third kappa shape index (κ3) is 5.24. The van der Waals surface area contributed by atoms with Crippen molar-refractivity contribution in [1.29, 1.82) is 10.5 Å². The maximum Gasteiger partial charge on any atom is 0.389 e. The van der Waals surface area contributed by atoms with Crippen LogP contribution >= 0.6 is 0 Å². The highest BCUT2D eigenvalue weighted by molar-refractivity contribution is 5.14. The van der Waals surface area contributed by atoms with Gasteiger partial charge in [0.2, 0.25) is 0 Å². The van der Waals surface area contributed by atoms with Crippen LogP contribution in [0.5, 0.6) is 0 Å². The van der Waals surface area contributed by atoms with E-state index in [0.29, 0.717) is 32.1 Å². The van der Waals surface area contributed by atoms with Crippen LogP contribution in [0.2, 0.25) is 0 Å². The van der Waals surface area contributed by atoms with Crippen molar-refractivity contribution in [2.45, 2.75) is 63.1 Å². The van der Waals surface area contributed by atoms with Gasteiger partial charge in [-0.2, -0.15) is 23.7 Å². The number of nitrogens with zero attached hydrogens (tertiary/aromatic N) is 2. The molecule has 0 saturated heterocycles. The predicted octanol–water partition coefficient (Wildman–Crippen LogP) is 3.70. The van der Waals surface area contributed by atoms with Crippen LogP contribution < -0.4 is 0 Å². The number of hydrogen-bond acceptors (Lipinski definition) is 3. The molecule has 1 rings (SSSR count).